The molecule has 0 aliphatic carbocycles. The molecule has 5 nitrogen and oxygen atoms in total. The Hall–Kier alpha value is -1.89. The first-order valence-corrected chi connectivity index (χ1v) is 8.60. The molecule has 0 N–H and O–H groups in total. The van der Waals surface area contributed by atoms with Crippen LogP contribution in [0.25, 0.3) is 11.1 Å². The van der Waals surface area contributed by atoms with Gasteiger partial charge in [0, 0.05) is 14.2 Å². The van der Waals surface area contributed by atoms with Crippen LogP contribution in [0.2, 0.25) is 0 Å². The van der Waals surface area contributed by atoms with Crippen LogP contribution in [-0.4, -0.2) is 41.1 Å². The molecule has 23 heavy (non-hydrogen) atoms. The SMILES string of the molecule is COCC(COC)S(=O)(=O)Oc1cccc(-c2ccccc2)c1. The van der Waals surface area contributed by atoms with Gasteiger partial charge in [-0.05, 0) is 23.3 Å². The van der Waals surface area contributed by atoms with Crippen LogP contribution in [0.3, 0.4) is 0 Å². The molecular formula is C17H20O5S. The Labute approximate surface area is 136 Å². The fraction of sp³-hybridized carbons (Fsp3) is 0.294. The highest BCUT2D eigenvalue weighted by Gasteiger charge is 2.28. The maximum absolute atomic E-state index is 12.3. The fourth-order valence-electron chi connectivity index (χ4n) is 2.15. The lowest BCUT2D eigenvalue weighted by molar-refractivity contribution is 0.138. The summed E-state index contributed by atoms with van der Waals surface area (Å²) in [6.45, 7) is 0.0170. The first kappa shape index (κ1) is 17.5. The number of hydrogen-bond acceptors (Lipinski definition) is 5. The number of ether oxygens (including phenoxy) is 2. The van der Waals surface area contributed by atoms with E-state index in [1.165, 1.54) is 14.2 Å². The van der Waals surface area contributed by atoms with Crippen molar-refractivity contribution in [1.29, 1.82) is 0 Å². The third-order valence-corrected chi connectivity index (χ3v) is 4.78. The molecule has 0 bridgehead atoms. The third-order valence-electron chi connectivity index (χ3n) is 3.27. The topological polar surface area (TPSA) is 61.8 Å². The van der Waals surface area contributed by atoms with E-state index in [0.29, 0.717) is 0 Å². The van der Waals surface area contributed by atoms with Crippen molar-refractivity contribution in [2.75, 3.05) is 27.4 Å². The summed E-state index contributed by atoms with van der Waals surface area (Å²) in [6.07, 6.45) is 0. The second-order valence-corrected chi connectivity index (χ2v) is 6.82. The van der Waals surface area contributed by atoms with Gasteiger partial charge in [-0.25, -0.2) is 0 Å². The molecule has 2 aromatic carbocycles. The minimum Gasteiger partial charge on any atom is -0.383 e. The van der Waals surface area contributed by atoms with Crippen molar-refractivity contribution in [3.63, 3.8) is 0 Å². The fourth-order valence-corrected chi connectivity index (χ4v) is 3.26. The van der Waals surface area contributed by atoms with E-state index in [1.54, 1.807) is 18.2 Å². The van der Waals surface area contributed by atoms with Gasteiger partial charge in [0.15, 0.2) is 0 Å². The van der Waals surface area contributed by atoms with Gasteiger partial charge in [-0.2, -0.15) is 8.42 Å². The second kappa shape index (κ2) is 8.10. The Balaban J connectivity index is 2.22. The zero-order valence-electron chi connectivity index (χ0n) is 13.1. The Kier molecular flexibility index (Phi) is 6.15. The normalized spacial score (nSPS) is 11.6. The highest BCUT2D eigenvalue weighted by Crippen LogP contribution is 2.25. The minimum absolute atomic E-state index is 0.00848. The molecule has 0 fully saturated rings. The van der Waals surface area contributed by atoms with Gasteiger partial charge < -0.3 is 13.7 Å². The van der Waals surface area contributed by atoms with E-state index in [2.05, 4.69) is 0 Å². The van der Waals surface area contributed by atoms with E-state index < -0.39 is 15.4 Å². The van der Waals surface area contributed by atoms with E-state index in [4.69, 9.17) is 13.7 Å². The summed E-state index contributed by atoms with van der Waals surface area (Å²) < 4.78 is 39.8. The Morgan fingerprint density at radius 2 is 1.48 bits per heavy atom. The molecule has 0 unspecified atom stereocenters. The molecule has 2 rings (SSSR count). The van der Waals surface area contributed by atoms with E-state index in [0.717, 1.165) is 11.1 Å². The molecule has 124 valence electrons. The van der Waals surface area contributed by atoms with Gasteiger partial charge in [0.1, 0.15) is 11.0 Å². The maximum Gasteiger partial charge on any atom is 0.316 e. The first-order chi connectivity index (χ1) is 11.1. The molecule has 0 aliphatic heterocycles. The maximum atomic E-state index is 12.3. The molecule has 0 atom stereocenters. The van der Waals surface area contributed by atoms with Crippen molar-refractivity contribution in [3.8, 4) is 16.9 Å². The summed E-state index contributed by atoms with van der Waals surface area (Å²) in [6, 6.07) is 16.6. The zero-order valence-corrected chi connectivity index (χ0v) is 14.0. The second-order valence-electron chi connectivity index (χ2n) is 5.00. The summed E-state index contributed by atoms with van der Waals surface area (Å²) in [5.41, 5.74) is 1.87. The third kappa shape index (κ3) is 4.79. The Morgan fingerprint density at radius 1 is 0.870 bits per heavy atom. The van der Waals surface area contributed by atoms with Crippen LogP contribution in [0.4, 0.5) is 0 Å². The zero-order chi connectivity index (χ0) is 16.7. The van der Waals surface area contributed by atoms with Crippen molar-refractivity contribution < 1.29 is 22.1 Å². The number of rotatable bonds is 8. The summed E-state index contributed by atoms with van der Waals surface area (Å²) in [7, 11) is -0.971. The molecule has 0 radical (unpaired) electrons. The van der Waals surface area contributed by atoms with E-state index >= 15 is 0 Å². The lowest BCUT2D eigenvalue weighted by Crippen LogP contribution is -2.34. The van der Waals surface area contributed by atoms with Crippen LogP contribution in [-0.2, 0) is 19.6 Å². The largest absolute Gasteiger partial charge is 0.383 e. The van der Waals surface area contributed by atoms with Gasteiger partial charge in [0.25, 0.3) is 0 Å². The van der Waals surface area contributed by atoms with Crippen LogP contribution in [0.1, 0.15) is 0 Å². The predicted molar refractivity (Wildman–Crippen MR) is 89.0 cm³/mol. The summed E-state index contributed by atoms with van der Waals surface area (Å²) in [5.74, 6) is 0.267. The average Bonchev–Trinajstić information content (AvgIpc) is 2.55. The van der Waals surface area contributed by atoms with Crippen molar-refractivity contribution in [1.82, 2.24) is 0 Å². The molecule has 0 saturated carbocycles. The molecule has 0 spiro atoms. The monoisotopic (exact) mass is 336 g/mol. The molecule has 0 amide bonds. The van der Waals surface area contributed by atoms with Crippen molar-refractivity contribution in [3.05, 3.63) is 54.6 Å². The van der Waals surface area contributed by atoms with Crippen molar-refractivity contribution in [2.24, 2.45) is 0 Å². The van der Waals surface area contributed by atoms with Crippen LogP contribution in [0.5, 0.6) is 5.75 Å². The molecule has 0 saturated heterocycles. The van der Waals surface area contributed by atoms with Gasteiger partial charge >= 0.3 is 10.1 Å². The van der Waals surface area contributed by atoms with Crippen molar-refractivity contribution in [2.45, 2.75) is 5.25 Å². The van der Waals surface area contributed by atoms with Crippen LogP contribution < -0.4 is 4.18 Å². The van der Waals surface area contributed by atoms with Gasteiger partial charge in [-0.1, -0.05) is 42.5 Å². The number of methoxy groups -OCH3 is 2. The van der Waals surface area contributed by atoms with E-state index in [1.807, 2.05) is 36.4 Å². The Bertz CT molecular complexity index is 707. The number of hydrogen-bond donors (Lipinski definition) is 0. The summed E-state index contributed by atoms with van der Waals surface area (Å²) in [5, 5.41) is -0.877. The molecule has 2 aromatic rings. The van der Waals surface area contributed by atoms with Crippen LogP contribution in [0, 0.1) is 0 Å². The highest BCUT2D eigenvalue weighted by atomic mass is 32.2. The summed E-state index contributed by atoms with van der Waals surface area (Å²) >= 11 is 0. The predicted octanol–water partition coefficient (Wildman–Crippen LogP) is 2.72. The molecule has 6 heteroatoms. The lowest BCUT2D eigenvalue weighted by atomic mass is 10.1. The van der Waals surface area contributed by atoms with Gasteiger partial charge in [0.2, 0.25) is 0 Å². The standard InChI is InChI=1S/C17H20O5S/c1-20-12-17(13-21-2)23(18,19)22-16-10-6-9-15(11-16)14-7-4-3-5-8-14/h3-11,17H,12-13H2,1-2H3. The van der Waals surface area contributed by atoms with Gasteiger partial charge in [-0.3, -0.25) is 0 Å². The molecular weight excluding hydrogens is 316 g/mol. The molecule has 0 aliphatic rings. The van der Waals surface area contributed by atoms with Gasteiger partial charge in [-0.15, -0.1) is 0 Å². The first-order valence-electron chi connectivity index (χ1n) is 7.13. The lowest BCUT2D eigenvalue weighted by Gasteiger charge is -2.16. The quantitative estimate of drug-likeness (QED) is 0.694. The van der Waals surface area contributed by atoms with Crippen LogP contribution >= 0.6 is 0 Å². The summed E-state index contributed by atoms with van der Waals surface area (Å²) in [4.78, 5) is 0. The van der Waals surface area contributed by atoms with E-state index in [-0.39, 0.29) is 19.0 Å². The minimum atomic E-state index is -3.85. The number of benzene rings is 2. The smallest absolute Gasteiger partial charge is 0.316 e. The van der Waals surface area contributed by atoms with Crippen LogP contribution in [0.15, 0.2) is 54.6 Å². The Morgan fingerprint density at radius 3 is 2.09 bits per heavy atom. The average molecular weight is 336 g/mol. The van der Waals surface area contributed by atoms with E-state index in [9.17, 15) is 8.42 Å². The highest BCUT2D eigenvalue weighted by molar-refractivity contribution is 7.87. The van der Waals surface area contributed by atoms with Crippen molar-refractivity contribution >= 4 is 10.1 Å². The van der Waals surface area contributed by atoms with Gasteiger partial charge in [0.05, 0.1) is 13.2 Å². The molecule has 0 aromatic heterocycles. The molecule has 0 heterocycles.